The highest BCUT2D eigenvalue weighted by Gasteiger charge is 2.21. The van der Waals surface area contributed by atoms with Gasteiger partial charge in [0.05, 0.1) is 0 Å². The topological polar surface area (TPSA) is 58.2 Å². The fourth-order valence-electron chi connectivity index (χ4n) is 3.70. The van der Waals surface area contributed by atoms with Crippen molar-refractivity contribution in [2.45, 2.75) is 122 Å². The molecule has 0 aromatic carbocycles. The smallest absolute Gasteiger partial charge is 0.242 e. The molecule has 0 radical (unpaired) electrons. The summed E-state index contributed by atoms with van der Waals surface area (Å²) in [5.41, 5.74) is 0. The van der Waals surface area contributed by atoms with Gasteiger partial charge in [0, 0.05) is 13.0 Å². The average molecular weight is 393 g/mol. The average Bonchev–Trinajstić information content (AvgIpc) is 2.89. The molecule has 0 spiro atoms. The summed E-state index contributed by atoms with van der Waals surface area (Å²) in [5.74, 6) is 0.00933. The third-order valence-electron chi connectivity index (χ3n) is 5.54. The maximum Gasteiger partial charge on any atom is 0.242 e. The van der Waals surface area contributed by atoms with E-state index in [0.717, 1.165) is 38.6 Å². The van der Waals surface area contributed by atoms with Crippen molar-refractivity contribution in [1.82, 2.24) is 10.6 Å². The summed E-state index contributed by atoms with van der Waals surface area (Å²) >= 11 is 0. The molecular formula is C24H44N2O2. The van der Waals surface area contributed by atoms with E-state index < -0.39 is 0 Å². The van der Waals surface area contributed by atoms with E-state index in [-0.39, 0.29) is 17.9 Å². The van der Waals surface area contributed by atoms with E-state index in [0.29, 0.717) is 6.42 Å². The van der Waals surface area contributed by atoms with Crippen LogP contribution in [0.1, 0.15) is 116 Å². The quantitative estimate of drug-likeness (QED) is 0.257. The second kappa shape index (κ2) is 17.8. The van der Waals surface area contributed by atoms with Crippen molar-refractivity contribution in [3.8, 4) is 0 Å². The highest BCUT2D eigenvalue weighted by atomic mass is 16.2. The Morgan fingerprint density at radius 1 is 0.929 bits per heavy atom. The molecule has 4 heteroatoms. The van der Waals surface area contributed by atoms with Gasteiger partial charge in [0.2, 0.25) is 11.8 Å². The van der Waals surface area contributed by atoms with E-state index in [2.05, 4.69) is 29.7 Å². The fourth-order valence-corrected chi connectivity index (χ4v) is 3.70. The molecule has 28 heavy (non-hydrogen) atoms. The van der Waals surface area contributed by atoms with Crippen LogP contribution in [0, 0.1) is 0 Å². The molecule has 0 aromatic rings. The Labute approximate surface area is 173 Å². The highest BCUT2D eigenvalue weighted by molar-refractivity contribution is 5.87. The standard InChI is InChI=1S/C24H44N2O2/c1-2-3-4-5-6-7-8-9-10-11-12-13-14-15-16-20-23(27)26-22-19-17-18-21-25-24(22)28/h9-10,22H,2-8,11-21H2,1H3,(H,25,28)(H,26,27)/b10-9-/t22-/m1/s1. The van der Waals surface area contributed by atoms with E-state index in [1.165, 1.54) is 70.6 Å². The lowest BCUT2D eigenvalue weighted by Crippen LogP contribution is -2.45. The first-order valence-corrected chi connectivity index (χ1v) is 12.0. The van der Waals surface area contributed by atoms with Gasteiger partial charge in [-0.05, 0) is 51.4 Å². The molecule has 1 saturated heterocycles. The number of allylic oxidation sites excluding steroid dienone is 2. The number of hydrogen-bond donors (Lipinski definition) is 2. The molecule has 0 saturated carbocycles. The Morgan fingerprint density at radius 2 is 1.54 bits per heavy atom. The summed E-state index contributed by atoms with van der Waals surface area (Å²) in [6.07, 6.45) is 24.4. The summed E-state index contributed by atoms with van der Waals surface area (Å²) in [4.78, 5) is 23.8. The second-order valence-electron chi connectivity index (χ2n) is 8.24. The SMILES string of the molecule is CCCCCCCC/C=C\CCCCCCCC(=O)N[C@@H]1CCCCNC1=O. The van der Waals surface area contributed by atoms with Crippen molar-refractivity contribution in [2.75, 3.05) is 6.54 Å². The zero-order valence-corrected chi connectivity index (χ0v) is 18.3. The molecular weight excluding hydrogens is 348 g/mol. The van der Waals surface area contributed by atoms with Crippen molar-refractivity contribution in [3.63, 3.8) is 0 Å². The van der Waals surface area contributed by atoms with Crippen molar-refractivity contribution >= 4 is 11.8 Å². The fraction of sp³-hybridized carbons (Fsp3) is 0.833. The molecule has 1 aliphatic rings. The number of unbranched alkanes of at least 4 members (excludes halogenated alkanes) is 11. The second-order valence-corrected chi connectivity index (χ2v) is 8.24. The van der Waals surface area contributed by atoms with Gasteiger partial charge in [-0.1, -0.05) is 70.4 Å². The van der Waals surface area contributed by atoms with Gasteiger partial charge in [-0.2, -0.15) is 0 Å². The lowest BCUT2D eigenvalue weighted by atomic mass is 10.1. The minimum atomic E-state index is -0.321. The largest absolute Gasteiger partial charge is 0.354 e. The maximum absolute atomic E-state index is 12.0. The van der Waals surface area contributed by atoms with Gasteiger partial charge in [0.1, 0.15) is 6.04 Å². The van der Waals surface area contributed by atoms with Crippen LogP contribution in [0.5, 0.6) is 0 Å². The Bertz CT molecular complexity index is 434. The molecule has 1 heterocycles. The van der Waals surface area contributed by atoms with E-state index >= 15 is 0 Å². The van der Waals surface area contributed by atoms with Crippen molar-refractivity contribution in [1.29, 1.82) is 0 Å². The maximum atomic E-state index is 12.0. The minimum absolute atomic E-state index is 0.0182. The van der Waals surface area contributed by atoms with Crippen LogP contribution in [0.2, 0.25) is 0 Å². The number of carbonyl (C=O) groups is 2. The van der Waals surface area contributed by atoms with Crippen LogP contribution in [-0.2, 0) is 9.59 Å². The van der Waals surface area contributed by atoms with Gasteiger partial charge >= 0.3 is 0 Å². The van der Waals surface area contributed by atoms with E-state index in [1.807, 2.05) is 0 Å². The molecule has 1 atom stereocenters. The zero-order valence-electron chi connectivity index (χ0n) is 18.3. The van der Waals surface area contributed by atoms with Crippen LogP contribution in [0.4, 0.5) is 0 Å². The number of hydrogen-bond acceptors (Lipinski definition) is 2. The molecule has 1 fully saturated rings. The first kappa shape index (κ1) is 24.7. The summed E-state index contributed by atoms with van der Waals surface area (Å²) in [7, 11) is 0. The Hall–Kier alpha value is -1.32. The molecule has 4 nitrogen and oxygen atoms in total. The molecule has 162 valence electrons. The summed E-state index contributed by atoms with van der Waals surface area (Å²) in [6, 6.07) is -0.321. The summed E-state index contributed by atoms with van der Waals surface area (Å²) in [6.45, 7) is 3.00. The van der Waals surface area contributed by atoms with Crippen molar-refractivity contribution in [3.05, 3.63) is 12.2 Å². The normalized spacial score (nSPS) is 17.5. The molecule has 0 aliphatic carbocycles. The lowest BCUT2D eigenvalue weighted by molar-refractivity contribution is -0.128. The molecule has 0 unspecified atom stereocenters. The van der Waals surface area contributed by atoms with Crippen LogP contribution in [-0.4, -0.2) is 24.4 Å². The lowest BCUT2D eigenvalue weighted by Gasteiger charge is -2.15. The summed E-state index contributed by atoms with van der Waals surface area (Å²) in [5, 5.41) is 5.76. The Balaban J connectivity index is 1.87. The third kappa shape index (κ3) is 13.8. The van der Waals surface area contributed by atoms with Gasteiger partial charge in [0.15, 0.2) is 0 Å². The van der Waals surface area contributed by atoms with Crippen LogP contribution < -0.4 is 10.6 Å². The van der Waals surface area contributed by atoms with Gasteiger partial charge in [-0.25, -0.2) is 0 Å². The van der Waals surface area contributed by atoms with Crippen LogP contribution in [0.3, 0.4) is 0 Å². The first-order valence-electron chi connectivity index (χ1n) is 12.0. The molecule has 0 aromatic heterocycles. The van der Waals surface area contributed by atoms with E-state index in [1.54, 1.807) is 0 Å². The molecule has 2 amide bonds. The van der Waals surface area contributed by atoms with E-state index in [9.17, 15) is 9.59 Å². The van der Waals surface area contributed by atoms with Crippen LogP contribution in [0.25, 0.3) is 0 Å². The molecule has 2 N–H and O–H groups in total. The van der Waals surface area contributed by atoms with Crippen LogP contribution >= 0.6 is 0 Å². The predicted molar refractivity (Wildman–Crippen MR) is 118 cm³/mol. The number of carbonyl (C=O) groups excluding carboxylic acids is 2. The number of rotatable bonds is 16. The molecule has 1 rings (SSSR count). The zero-order chi connectivity index (χ0) is 20.3. The molecule has 0 bridgehead atoms. The first-order chi connectivity index (χ1) is 13.7. The van der Waals surface area contributed by atoms with Crippen molar-refractivity contribution < 1.29 is 9.59 Å². The number of nitrogens with one attached hydrogen (secondary N) is 2. The predicted octanol–water partition coefficient (Wildman–Crippen LogP) is 5.81. The van der Waals surface area contributed by atoms with Gasteiger partial charge in [-0.3, -0.25) is 9.59 Å². The van der Waals surface area contributed by atoms with E-state index in [4.69, 9.17) is 0 Å². The number of amides is 2. The monoisotopic (exact) mass is 392 g/mol. The molecule has 1 aliphatic heterocycles. The summed E-state index contributed by atoms with van der Waals surface area (Å²) < 4.78 is 0. The van der Waals surface area contributed by atoms with Crippen LogP contribution in [0.15, 0.2) is 12.2 Å². The van der Waals surface area contributed by atoms with Gasteiger partial charge < -0.3 is 10.6 Å². The highest BCUT2D eigenvalue weighted by Crippen LogP contribution is 2.10. The van der Waals surface area contributed by atoms with Gasteiger partial charge in [-0.15, -0.1) is 0 Å². The van der Waals surface area contributed by atoms with Crippen molar-refractivity contribution in [2.24, 2.45) is 0 Å². The Kier molecular flexibility index (Phi) is 15.7. The Morgan fingerprint density at radius 3 is 2.21 bits per heavy atom. The van der Waals surface area contributed by atoms with Gasteiger partial charge in [0.25, 0.3) is 0 Å². The minimum Gasteiger partial charge on any atom is -0.354 e. The third-order valence-corrected chi connectivity index (χ3v) is 5.54.